The third-order valence-corrected chi connectivity index (χ3v) is 2.51. The summed E-state index contributed by atoms with van der Waals surface area (Å²) in [5.74, 6) is -1.73. The third-order valence-electron chi connectivity index (χ3n) is 2.51. The van der Waals surface area contributed by atoms with Gasteiger partial charge in [-0.2, -0.15) is 0 Å². The summed E-state index contributed by atoms with van der Waals surface area (Å²) in [4.78, 5) is 23.4. The Hall–Kier alpha value is -1.98. The monoisotopic (exact) mass is 263 g/mol. The molecule has 0 aromatic heterocycles. The molecule has 19 heavy (non-hydrogen) atoms. The Balaban J connectivity index is 2.87. The number of benzene rings is 1. The number of nitrogens with two attached hydrogens (primary N) is 1. The van der Waals surface area contributed by atoms with Gasteiger partial charge >= 0.3 is 11.9 Å². The Labute approximate surface area is 111 Å². The molecule has 2 atom stereocenters. The van der Waals surface area contributed by atoms with E-state index in [1.165, 1.54) is 6.92 Å². The summed E-state index contributed by atoms with van der Waals surface area (Å²) in [7, 11) is 0. The molecule has 5 heteroatoms. The van der Waals surface area contributed by atoms with Crippen LogP contribution in [0, 0.1) is 0 Å². The van der Waals surface area contributed by atoms with Crippen LogP contribution in [-0.4, -0.2) is 29.2 Å². The molecule has 0 amide bonds. The summed E-state index contributed by atoms with van der Waals surface area (Å²) in [6.45, 7) is 3.17. The van der Waals surface area contributed by atoms with Crippen LogP contribution >= 0.6 is 0 Å². The van der Waals surface area contributed by atoms with Crippen LogP contribution in [0.2, 0.25) is 0 Å². The van der Waals surface area contributed by atoms with E-state index in [0.717, 1.165) is 0 Å². The Morgan fingerprint density at radius 1 is 1.37 bits per heavy atom. The molecule has 3 N–H and O–H groups in total. The number of esters is 2. The summed E-state index contributed by atoms with van der Waals surface area (Å²) in [6.07, 6.45) is 2.43. The van der Waals surface area contributed by atoms with Gasteiger partial charge in [0.1, 0.15) is 6.04 Å². The number of aliphatic hydroxyl groups excluding tert-OH is 1. The molecule has 102 valence electrons. The van der Waals surface area contributed by atoms with Gasteiger partial charge in [-0.15, -0.1) is 0 Å². The van der Waals surface area contributed by atoms with Crippen LogP contribution in [-0.2, 0) is 9.53 Å². The Bertz CT molecular complexity index is 494. The van der Waals surface area contributed by atoms with E-state index in [0.29, 0.717) is 5.56 Å². The van der Waals surface area contributed by atoms with Crippen molar-refractivity contribution in [2.24, 2.45) is 5.73 Å². The second kappa shape index (κ2) is 6.82. The molecule has 0 aliphatic heterocycles. The molecule has 0 bridgehead atoms. The van der Waals surface area contributed by atoms with Crippen LogP contribution in [0.25, 0.3) is 6.08 Å². The topological polar surface area (TPSA) is 89.6 Å². The smallest absolute Gasteiger partial charge is 0.346 e. The van der Waals surface area contributed by atoms with Gasteiger partial charge in [-0.25, -0.2) is 9.59 Å². The van der Waals surface area contributed by atoms with Crippen molar-refractivity contribution < 1.29 is 19.4 Å². The normalized spacial score (nSPS) is 14.1. The van der Waals surface area contributed by atoms with Crippen molar-refractivity contribution in [3.8, 4) is 0 Å². The molecule has 0 saturated carbocycles. The van der Waals surface area contributed by atoms with Crippen molar-refractivity contribution >= 4 is 18.0 Å². The number of aliphatic hydroxyl groups is 1. The molecule has 0 spiro atoms. The minimum atomic E-state index is -1.24. The molecule has 1 rings (SSSR count). The van der Waals surface area contributed by atoms with Crippen molar-refractivity contribution in [3.05, 3.63) is 41.5 Å². The number of hydrogen-bond donors (Lipinski definition) is 2. The van der Waals surface area contributed by atoms with E-state index in [4.69, 9.17) is 10.8 Å². The molecule has 5 nitrogen and oxygen atoms in total. The summed E-state index contributed by atoms with van der Waals surface area (Å²) >= 11 is 0. The van der Waals surface area contributed by atoms with E-state index >= 15 is 0 Å². The SMILES string of the molecule is CC=Cc1ccccc1C(=O)OC(=O)[C@@H](N)[C@@H](C)O. The van der Waals surface area contributed by atoms with Crippen LogP contribution in [0.15, 0.2) is 30.3 Å². The fraction of sp³-hybridized carbons (Fsp3) is 0.286. The van der Waals surface area contributed by atoms with Crippen molar-refractivity contribution in [1.82, 2.24) is 0 Å². The quantitative estimate of drug-likeness (QED) is 0.627. The van der Waals surface area contributed by atoms with Gasteiger partial charge in [0.25, 0.3) is 0 Å². The minimum Gasteiger partial charge on any atom is -0.391 e. The first kappa shape index (κ1) is 15.1. The number of allylic oxidation sites excluding steroid dienone is 1. The summed E-state index contributed by atoms with van der Waals surface area (Å²) < 4.78 is 4.65. The second-order valence-corrected chi connectivity index (χ2v) is 4.06. The maximum absolute atomic E-state index is 11.9. The largest absolute Gasteiger partial charge is 0.391 e. The van der Waals surface area contributed by atoms with Gasteiger partial charge in [0.15, 0.2) is 0 Å². The lowest BCUT2D eigenvalue weighted by molar-refractivity contribution is -0.141. The molecule has 0 radical (unpaired) electrons. The molecular formula is C14H17NO4. The zero-order chi connectivity index (χ0) is 14.4. The van der Waals surface area contributed by atoms with Crippen LogP contribution in [0.5, 0.6) is 0 Å². The van der Waals surface area contributed by atoms with E-state index in [1.807, 2.05) is 6.92 Å². The Morgan fingerprint density at radius 3 is 2.58 bits per heavy atom. The maximum Gasteiger partial charge on any atom is 0.346 e. The predicted molar refractivity (Wildman–Crippen MR) is 71.2 cm³/mol. The predicted octanol–water partition coefficient (Wildman–Crippen LogP) is 1.11. The summed E-state index contributed by atoms with van der Waals surface area (Å²) in [5, 5.41) is 9.17. The second-order valence-electron chi connectivity index (χ2n) is 4.06. The number of hydrogen-bond acceptors (Lipinski definition) is 5. The number of carbonyl (C=O) groups excluding carboxylic acids is 2. The highest BCUT2D eigenvalue weighted by atomic mass is 16.6. The third kappa shape index (κ3) is 4.01. The first-order valence-corrected chi connectivity index (χ1v) is 5.88. The van der Waals surface area contributed by atoms with E-state index in [2.05, 4.69) is 4.74 Å². The van der Waals surface area contributed by atoms with Crippen molar-refractivity contribution in [2.75, 3.05) is 0 Å². The highest BCUT2D eigenvalue weighted by Crippen LogP contribution is 2.12. The highest BCUT2D eigenvalue weighted by molar-refractivity contribution is 6.00. The zero-order valence-corrected chi connectivity index (χ0v) is 10.9. The van der Waals surface area contributed by atoms with Crippen LogP contribution in [0.4, 0.5) is 0 Å². The maximum atomic E-state index is 11.9. The fourth-order valence-electron chi connectivity index (χ4n) is 1.42. The number of carbonyl (C=O) groups is 2. The van der Waals surface area contributed by atoms with Gasteiger partial charge in [0.05, 0.1) is 11.7 Å². The molecular weight excluding hydrogens is 246 g/mol. The van der Waals surface area contributed by atoms with Crippen LogP contribution < -0.4 is 5.73 Å². The van der Waals surface area contributed by atoms with Crippen LogP contribution in [0.3, 0.4) is 0 Å². The van der Waals surface area contributed by atoms with Gasteiger partial charge in [-0.1, -0.05) is 30.4 Å². The number of rotatable bonds is 4. The molecule has 0 unspecified atom stereocenters. The van der Waals surface area contributed by atoms with E-state index in [1.54, 1.807) is 36.4 Å². The molecule has 0 heterocycles. The van der Waals surface area contributed by atoms with Gasteiger partial charge < -0.3 is 15.6 Å². The average molecular weight is 263 g/mol. The Morgan fingerprint density at radius 2 is 2.00 bits per heavy atom. The minimum absolute atomic E-state index is 0.270. The lowest BCUT2D eigenvalue weighted by Crippen LogP contribution is -2.42. The van der Waals surface area contributed by atoms with Gasteiger partial charge in [0.2, 0.25) is 0 Å². The van der Waals surface area contributed by atoms with Crippen molar-refractivity contribution in [2.45, 2.75) is 26.0 Å². The van der Waals surface area contributed by atoms with Gasteiger partial charge in [0, 0.05) is 0 Å². The zero-order valence-electron chi connectivity index (χ0n) is 10.9. The van der Waals surface area contributed by atoms with Crippen molar-refractivity contribution in [1.29, 1.82) is 0 Å². The van der Waals surface area contributed by atoms with E-state index in [-0.39, 0.29) is 5.56 Å². The first-order valence-electron chi connectivity index (χ1n) is 5.88. The molecule has 1 aromatic carbocycles. The fourth-order valence-corrected chi connectivity index (χ4v) is 1.42. The van der Waals surface area contributed by atoms with E-state index in [9.17, 15) is 9.59 Å². The van der Waals surface area contributed by atoms with E-state index < -0.39 is 24.1 Å². The lowest BCUT2D eigenvalue weighted by Gasteiger charge is -2.13. The van der Waals surface area contributed by atoms with Gasteiger partial charge in [-0.05, 0) is 25.5 Å². The highest BCUT2D eigenvalue weighted by Gasteiger charge is 2.24. The Kier molecular flexibility index (Phi) is 5.41. The molecule has 0 aliphatic rings. The molecule has 0 aliphatic carbocycles. The lowest BCUT2D eigenvalue weighted by atomic mass is 10.1. The van der Waals surface area contributed by atoms with Gasteiger partial charge in [-0.3, -0.25) is 0 Å². The van der Waals surface area contributed by atoms with Crippen LogP contribution in [0.1, 0.15) is 29.8 Å². The molecule has 0 saturated heterocycles. The molecule has 1 aromatic rings. The van der Waals surface area contributed by atoms with Crippen molar-refractivity contribution in [3.63, 3.8) is 0 Å². The summed E-state index contributed by atoms with van der Waals surface area (Å²) in [5.41, 5.74) is 6.31. The molecule has 0 fully saturated rings. The first-order chi connectivity index (χ1) is 8.97. The number of ether oxygens (including phenoxy) is 1. The summed E-state index contributed by atoms with van der Waals surface area (Å²) in [6, 6.07) is 5.49. The standard InChI is InChI=1S/C14H17NO4/c1-3-6-10-7-4-5-8-11(10)13(17)19-14(18)12(15)9(2)16/h3-9,12,16H,15H2,1-2H3/t9-,12+/m1/s1. The average Bonchev–Trinajstić information content (AvgIpc) is 2.38.